The van der Waals surface area contributed by atoms with Gasteiger partial charge in [-0.15, -0.1) is 0 Å². The van der Waals surface area contributed by atoms with Crippen molar-refractivity contribution in [3.8, 4) is 5.75 Å². The molecule has 1 heterocycles. The van der Waals surface area contributed by atoms with Crippen LogP contribution in [0.3, 0.4) is 0 Å². The predicted molar refractivity (Wildman–Crippen MR) is 79.8 cm³/mol. The highest BCUT2D eigenvalue weighted by molar-refractivity contribution is 5.94. The second-order valence-electron chi connectivity index (χ2n) is 4.86. The van der Waals surface area contributed by atoms with E-state index in [1.807, 2.05) is 18.2 Å². The number of nitrogens with zero attached hydrogens (tertiary/aromatic N) is 1. The van der Waals surface area contributed by atoms with Gasteiger partial charge in [-0.25, -0.2) is 0 Å². The van der Waals surface area contributed by atoms with Gasteiger partial charge in [0.2, 0.25) is 0 Å². The minimum atomic E-state index is -0.436. The van der Waals surface area contributed by atoms with Crippen LogP contribution in [0.5, 0.6) is 5.75 Å². The van der Waals surface area contributed by atoms with Gasteiger partial charge >= 0.3 is 5.97 Å². The molecule has 0 fully saturated rings. The highest BCUT2D eigenvalue weighted by Crippen LogP contribution is 2.19. The summed E-state index contributed by atoms with van der Waals surface area (Å²) in [5, 5.41) is 4.69. The van der Waals surface area contributed by atoms with E-state index < -0.39 is 5.97 Å². The lowest BCUT2D eigenvalue weighted by Gasteiger charge is -2.03. The molecule has 0 amide bonds. The fourth-order valence-corrected chi connectivity index (χ4v) is 2.13. The number of fused-ring (bicyclic) bond motifs is 1. The number of benzene rings is 2. The van der Waals surface area contributed by atoms with Crippen LogP contribution in [0.4, 0.5) is 0 Å². The maximum atomic E-state index is 12.0. The first kappa shape index (κ1) is 14.0. The van der Waals surface area contributed by atoms with E-state index in [4.69, 9.17) is 9.26 Å². The molecular formula is C17H13NO4. The molecule has 0 N–H and O–H groups in total. The Morgan fingerprint density at radius 2 is 1.82 bits per heavy atom. The van der Waals surface area contributed by atoms with Crippen molar-refractivity contribution in [1.29, 1.82) is 0 Å². The number of esters is 1. The lowest BCUT2D eigenvalue weighted by molar-refractivity contribution is -0.133. The van der Waals surface area contributed by atoms with Crippen LogP contribution in [0, 0.1) is 0 Å². The van der Waals surface area contributed by atoms with Gasteiger partial charge in [0.25, 0.3) is 0 Å². The molecule has 0 bridgehead atoms. The van der Waals surface area contributed by atoms with Crippen molar-refractivity contribution in [2.24, 2.45) is 0 Å². The zero-order chi connectivity index (χ0) is 15.5. The third kappa shape index (κ3) is 2.88. The second kappa shape index (κ2) is 5.81. The topological polar surface area (TPSA) is 69.4 Å². The van der Waals surface area contributed by atoms with Crippen LogP contribution in [-0.4, -0.2) is 16.9 Å². The molecule has 5 nitrogen and oxygen atoms in total. The van der Waals surface area contributed by atoms with E-state index in [1.165, 1.54) is 6.92 Å². The van der Waals surface area contributed by atoms with E-state index in [0.717, 1.165) is 5.39 Å². The second-order valence-corrected chi connectivity index (χ2v) is 4.86. The monoisotopic (exact) mass is 295 g/mol. The number of hydrogen-bond donors (Lipinski definition) is 0. The lowest BCUT2D eigenvalue weighted by Crippen LogP contribution is -2.11. The average Bonchev–Trinajstić information content (AvgIpc) is 2.91. The molecular weight excluding hydrogens is 282 g/mol. The van der Waals surface area contributed by atoms with Crippen LogP contribution in [0.2, 0.25) is 0 Å². The largest absolute Gasteiger partial charge is 0.426 e. The molecule has 0 radical (unpaired) electrons. The van der Waals surface area contributed by atoms with Crippen LogP contribution in [0.25, 0.3) is 11.0 Å². The fourth-order valence-electron chi connectivity index (χ4n) is 2.13. The van der Waals surface area contributed by atoms with Gasteiger partial charge in [-0.1, -0.05) is 17.3 Å². The normalized spacial score (nSPS) is 10.6. The molecule has 0 aliphatic heterocycles. The highest BCUT2D eigenvalue weighted by atomic mass is 16.5. The van der Waals surface area contributed by atoms with Gasteiger partial charge in [-0.3, -0.25) is 9.59 Å². The Balaban J connectivity index is 1.71. The third-order valence-electron chi connectivity index (χ3n) is 3.26. The van der Waals surface area contributed by atoms with E-state index in [-0.39, 0.29) is 12.2 Å². The molecule has 1 aromatic heterocycles. The summed E-state index contributed by atoms with van der Waals surface area (Å²) < 4.78 is 10.4. The molecule has 2 aromatic carbocycles. The zero-order valence-corrected chi connectivity index (χ0v) is 11.9. The molecule has 0 unspecified atom stereocenters. The number of para-hydroxylation sites is 1. The van der Waals surface area contributed by atoms with Crippen molar-refractivity contribution in [3.05, 3.63) is 59.8 Å². The first-order valence-corrected chi connectivity index (χ1v) is 6.78. The van der Waals surface area contributed by atoms with Crippen LogP contribution < -0.4 is 4.74 Å². The molecule has 3 aromatic rings. The predicted octanol–water partition coefficient (Wildman–Crippen LogP) is 3.18. The molecule has 3 rings (SSSR count). The molecule has 22 heavy (non-hydrogen) atoms. The standard InChI is InChI=1S/C17H13NO4/c1-11(19)12-6-8-13(9-7-12)21-17(20)10-15-14-4-2-3-5-16(14)22-18-15/h2-9H,10H2,1H3. The number of carbonyl (C=O) groups excluding carboxylic acids is 2. The molecule has 110 valence electrons. The summed E-state index contributed by atoms with van der Waals surface area (Å²) in [5.74, 6) is -0.0793. The lowest BCUT2D eigenvalue weighted by atomic mass is 10.1. The Morgan fingerprint density at radius 3 is 2.55 bits per heavy atom. The number of rotatable bonds is 4. The summed E-state index contributed by atoms with van der Waals surface area (Å²) in [6, 6.07) is 13.8. The Labute approximate surface area is 126 Å². The summed E-state index contributed by atoms with van der Waals surface area (Å²) in [4.78, 5) is 23.2. The average molecular weight is 295 g/mol. The minimum absolute atomic E-state index is 0.0193. The first-order chi connectivity index (χ1) is 10.6. The summed E-state index contributed by atoms with van der Waals surface area (Å²) in [5.41, 5.74) is 1.75. The SMILES string of the molecule is CC(=O)c1ccc(OC(=O)Cc2noc3ccccc23)cc1. The van der Waals surface area contributed by atoms with Gasteiger partial charge in [0.1, 0.15) is 11.4 Å². The van der Waals surface area contributed by atoms with Gasteiger partial charge in [0, 0.05) is 10.9 Å². The summed E-state index contributed by atoms with van der Waals surface area (Å²) in [7, 11) is 0. The van der Waals surface area contributed by atoms with E-state index in [2.05, 4.69) is 5.16 Å². The van der Waals surface area contributed by atoms with Crippen molar-refractivity contribution in [2.75, 3.05) is 0 Å². The number of carbonyl (C=O) groups is 2. The van der Waals surface area contributed by atoms with Gasteiger partial charge < -0.3 is 9.26 Å². The fraction of sp³-hybridized carbons (Fsp3) is 0.118. The number of Topliss-reactive ketones (excluding diaryl/α,β-unsaturated/α-hetero) is 1. The third-order valence-corrected chi connectivity index (χ3v) is 3.26. The Hall–Kier alpha value is -2.95. The number of ketones is 1. The summed E-state index contributed by atoms with van der Waals surface area (Å²) in [6.45, 7) is 1.48. The molecule has 5 heteroatoms. The van der Waals surface area contributed by atoms with Gasteiger partial charge in [-0.05, 0) is 43.3 Å². The zero-order valence-electron chi connectivity index (χ0n) is 11.9. The molecule has 0 spiro atoms. The van der Waals surface area contributed by atoms with Crippen molar-refractivity contribution < 1.29 is 18.8 Å². The van der Waals surface area contributed by atoms with Crippen LogP contribution in [0.1, 0.15) is 23.0 Å². The summed E-state index contributed by atoms with van der Waals surface area (Å²) in [6.07, 6.45) is 0.0193. The van der Waals surface area contributed by atoms with Crippen molar-refractivity contribution in [3.63, 3.8) is 0 Å². The van der Waals surface area contributed by atoms with Crippen molar-refractivity contribution in [2.45, 2.75) is 13.3 Å². The maximum absolute atomic E-state index is 12.0. The quantitative estimate of drug-likeness (QED) is 0.420. The molecule has 0 saturated heterocycles. The van der Waals surface area contributed by atoms with E-state index in [1.54, 1.807) is 30.3 Å². The van der Waals surface area contributed by atoms with Crippen molar-refractivity contribution >= 4 is 22.7 Å². The van der Waals surface area contributed by atoms with Crippen LogP contribution in [-0.2, 0) is 11.2 Å². The summed E-state index contributed by atoms with van der Waals surface area (Å²) >= 11 is 0. The Morgan fingerprint density at radius 1 is 1.09 bits per heavy atom. The van der Waals surface area contributed by atoms with E-state index in [9.17, 15) is 9.59 Å². The molecule has 0 atom stereocenters. The molecule has 0 aliphatic rings. The first-order valence-electron chi connectivity index (χ1n) is 6.78. The van der Waals surface area contributed by atoms with Crippen molar-refractivity contribution in [1.82, 2.24) is 5.16 Å². The van der Waals surface area contributed by atoms with E-state index >= 15 is 0 Å². The van der Waals surface area contributed by atoms with E-state index in [0.29, 0.717) is 22.6 Å². The number of aromatic nitrogens is 1. The van der Waals surface area contributed by atoms with Crippen LogP contribution in [0.15, 0.2) is 53.1 Å². The minimum Gasteiger partial charge on any atom is -0.426 e. The smallest absolute Gasteiger partial charge is 0.317 e. The van der Waals surface area contributed by atoms with Gasteiger partial charge in [0.05, 0.1) is 6.42 Å². The molecule has 0 saturated carbocycles. The van der Waals surface area contributed by atoms with Gasteiger partial charge in [-0.2, -0.15) is 0 Å². The highest BCUT2D eigenvalue weighted by Gasteiger charge is 2.13. The number of ether oxygens (including phenoxy) is 1. The Kier molecular flexibility index (Phi) is 3.70. The maximum Gasteiger partial charge on any atom is 0.317 e. The number of hydrogen-bond acceptors (Lipinski definition) is 5. The van der Waals surface area contributed by atoms with Crippen LogP contribution >= 0.6 is 0 Å². The van der Waals surface area contributed by atoms with Gasteiger partial charge in [0.15, 0.2) is 11.4 Å². The molecule has 0 aliphatic carbocycles. The Bertz CT molecular complexity index is 833.